The highest BCUT2D eigenvalue weighted by Gasteiger charge is 2.33. The number of aromatic nitrogens is 1. The van der Waals surface area contributed by atoms with Crippen molar-refractivity contribution in [2.45, 2.75) is 19.3 Å². The number of halogens is 1. The molecule has 14 heavy (non-hydrogen) atoms. The van der Waals surface area contributed by atoms with E-state index < -0.39 is 5.41 Å². The summed E-state index contributed by atoms with van der Waals surface area (Å²) < 4.78 is 0.789. The fourth-order valence-electron chi connectivity index (χ4n) is 1.19. The zero-order valence-electron chi connectivity index (χ0n) is 8.67. The molecule has 5 heteroatoms. The van der Waals surface area contributed by atoms with E-state index in [0.717, 1.165) is 9.61 Å². The molecule has 1 aromatic rings. The molecule has 0 aromatic carbocycles. The van der Waals surface area contributed by atoms with Gasteiger partial charge in [-0.2, -0.15) is 0 Å². The molecular weight excluding hydrogens is 264 g/mol. The Morgan fingerprint density at radius 3 is 2.50 bits per heavy atom. The second-order valence-electron chi connectivity index (χ2n) is 3.80. The van der Waals surface area contributed by atoms with Crippen molar-refractivity contribution < 1.29 is 4.79 Å². The van der Waals surface area contributed by atoms with Gasteiger partial charge in [0.25, 0.3) is 0 Å². The van der Waals surface area contributed by atoms with Gasteiger partial charge in [0.1, 0.15) is 9.61 Å². The first-order valence-corrected chi connectivity index (χ1v) is 5.86. The number of nitrogens with zero attached hydrogens (tertiary/aromatic N) is 2. The minimum atomic E-state index is -0.541. The third kappa shape index (κ3) is 2.15. The fourth-order valence-corrected chi connectivity index (χ4v) is 2.56. The Kier molecular flexibility index (Phi) is 3.32. The van der Waals surface area contributed by atoms with Gasteiger partial charge in [0, 0.05) is 19.5 Å². The van der Waals surface area contributed by atoms with E-state index in [-0.39, 0.29) is 5.91 Å². The lowest BCUT2D eigenvalue weighted by atomic mass is 9.93. The van der Waals surface area contributed by atoms with Crippen LogP contribution in [0.5, 0.6) is 0 Å². The van der Waals surface area contributed by atoms with Gasteiger partial charge < -0.3 is 4.90 Å². The second-order valence-corrected chi connectivity index (χ2v) is 5.47. The maximum atomic E-state index is 11.9. The normalized spacial score (nSPS) is 11.5. The summed E-state index contributed by atoms with van der Waals surface area (Å²) in [6.07, 6.45) is 0. The Balaban J connectivity index is 3.01. The van der Waals surface area contributed by atoms with E-state index in [4.69, 9.17) is 0 Å². The molecule has 0 radical (unpaired) electrons. The van der Waals surface area contributed by atoms with Gasteiger partial charge in [-0.1, -0.05) is 0 Å². The SMILES string of the molecule is CN(C)C(=O)C(C)(C)c1nc(Br)cs1. The Morgan fingerprint density at radius 1 is 1.57 bits per heavy atom. The van der Waals surface area contributed by atoms with E-state index in [2.05, 4.69) is 20.9 Å². The summed E-state index contributed by atoms with van der Waals surface area (Å²) in [5.74, 6) is 0.0688. The van der Waals surface area contributed by atoms with Crippen molar-refractivity contribution in [2.24, 2.45) is 0 Å². The Morgan fingerprint density at radius 2 is 2.14 bits per heavy atom. The van der Waals surface area contributed by atoms with Crippen LogP contribution in [-0.2, 0) is 10.2 Å². The fraction of sp³-hybridized carbons (Fsp3) is 0.556. The van der Waals surface area contributed by atoms with Gasteiger partial charge in [-0.25, -0.2) is 4.98 Å². The third-order valence-electron chi connectivity index (χ3n) is 1.95. The number of rotatable bonds is 2. The lowest BCUT2D eigenvalue weighted by Crippen LogP contribution is -2.39. The molecule has 0 saturated heterocycles. The smallest absolute Gasteiger partial charge is 0.234 e. The summed E-state index contributed by atoms with van der Waals surface area (Å²) in [7, 11) is 3.51. The number of hydrogen-bond donors (Lipinski definition) is 0. The van der Waals surface area contributed by atoms with Gasteiger partial charge in [-0.15, -0.1) is 11.3 Å². The van der Waals surface area contributed by atoms with Gasteiger partial charge in [0.05, 0.1) is 5.41 Å². The predicted octanol–water partition coefficient (Wildman–Crippen LogP) is 2.27. The summed E-state index contributed by atoms with van der Waals surface area (Å²) in [5.41, 5.74) is -0.541. The maximum Gasteiger partial charge on any atom is 0.234 e. The van der Waals surface area contributed by atoms with Crippen molar-refractivity contribution in [3.8, 4) is 0 Å². The monoisotopic (exact) mass is 276 g/mol. The highest BCUT2D eigenvalue weighted by Crippen LogP contribution is 2.29. The molecule has 0 bridgehead atoms. The van der Waals surface area contributed by atoms with E-state index in [1.807, 2.05) is 19.2 Å². The first-order chi connectivity index (χ1) is 6.35. The average molecular weight is 277 g/mol. The summed E-state index contributed by atoms with van der Waals surface area (Å²) in [6.45, 7) is 3.78. The molecule has 1 amide bonds. The number of hydrogen-bond acceptors (Lipinski definition) is 3. The van der Waals surface area contributed by atoms with Crippen molar-refractivity contribution in [3.05, 3.63) is 15.0 Å². The summed E-state index contributed by atoms with van der Waals surface area (Å²) >= 11 is 4.78. The highest BCUT2D eigenvalue weighted by atomic mass is 79.9. The zero-order valence-corrected chi connectivity index (χ0v) is 11.1. The van der Waals surface area contributed by atoms with Crippen molar-refractivity contribution in [1.82, 2.24) is 9.88 Å². The highest BCUT2D eigenvalue weighted by molar-refractivity contribution is 9.10. The molecule has 0 fully saturated rings. The molecule has 1 aromatic heterocycles. The van der Waals surface area contributed by atoms with Gasteiger partial charge in [0.2, 0.25) is 5.91 Å². The van der Waals surface area contributed by atoms with Gasteiger partial charge in [-0.3, -0.25) is 4.79 Å². The first-order valence-electron chi connectivity index (χ1n) is 4.19. The summed E-state index contributed by atoms with van der Waals surface area (Å²) in [5, 5.41) is 2.73. The predicted molar refractivity (Wildman–Crippen MR) is 61.5 cm³/mol. The molecule has 0 atom stereocenters. The largest absolute Gasteiger partial charge is 0.348 e. The van der Waals surface area contributed by atoms with Gasteiger partial charge >= 0.3 is 0 Å². The summed E-state index contributed by atoms with van der Waals surface area (Å²) in [6, 6.07) is 0. The molecule has 3 nitrogen and oxygen atoms in total. The molecule has 0 aliphatic heterocycles. The number of carbonyl (C=O) groups excluding carboxylic acids is 1. The van der Waals surface area contributed by atoms with Crippen LogP contribution in [0.2, 0.25) is 0 Å². The van der Waals surface area contributed by atoms with Crippen molar-refractivity contribution in [1.29, 1.82) is 0 Å². The first kappa shape index (κ1) is 11.7. The Bertz CT molecular complexity index is 346. The van der Waals surface area contributed by atoms with Crippen molar-refractivity contribution in [2.75, 3.05) is 14.1 Å². The van der Waals surface area contributed by atoms with Crippen LogP contribution in [0.4, 0.5) is 0 Å². The number of carbonyl (C=O) groups is 1. The molecule has 78 valence electrons. The Hall–Kier alpha value is -0.420. The molecule has 0 aliphatic carbocycles. The van der Waals surface area contributed by atoms with Gasteiger partial charge in [-0.05, 0) is 29.8 Å². The molecular formula is C9H13BrN2OS. The quantitative estimate of drug-likeness (QED) is 0.830. The van der Waals surface area contributed by atoms with E-state index in [0.29, 0.717) is 0 Å². The molecule has 0 N–H and O–H groups in total. The minimum absolute atomic E-state index is 0.0688. The van der Waals surface area contributed by atoms with Crippen LogP contribution in [0.3, 0.4) is 0 Å². The molecule has 0 aliphatic rings. The lowest BCUT2D eigenvalue weighted by Gasteiger charge is -2.24. The minimum Gasteiger partial charge on any atom is -0.348 e. The van der Waals surface area contributed by atoms with Gasteiger partial charge in [0.15, 0.2) is 0 Å². The number of amides is 1. The van der Waals surface area contributed by atoms with E-state index in [1.54, 1.807) is 19.0 Å². The van der Waals surface area contributed by atoms with Crippen LogP contribution in [0.1, 0.15) is 18.9 Å². The second kappa shape index (κ2) is 3.98. The maximum absolute atomic E-state index is 11.9. The van der Waals surface area contributed by atoms with Crippen LogP contribution in [-0.4, -0.2) is 29.9 Å². The zero-order chi connectivity index (χ0) is 10.9. The Labute approximate surface area is 96.3 Å². The summed E-state index contributed by atoms with van der Waals surface area (Å²) in [4.78, 5) is 17.7. The van der Waals surface area contributed by atoms with Crippen molar-refractivity contribution >= 4 is 33.2 Å². The van der Waals surface area contributed by atoms with Crippen molar-refractivity contribution in [3.63, 3.8) is 0 Å². The van der Waals surface area contributed by atoms with Crippen LogP contribution in [0.15, 0.2) is 9.98 Å². The average Bonchev–Trinajstić information content (AvgIpc) is 2.50. The number of thiazole rings is 1. The molecule has 1 heterocycles. The van der Waals surface area contributed by atoms with E-state index >= 15 is 0 Å². The standard InChI is InChI=1S/C9H13BrN2OS/c1-9(2,8(13)12(3)4)7-11-6(10)5-14-7/h5H,1-4H3. The number of likely N-dealkylation sites (N-methyl/N-ethyl adjacent to an activating group) is 1. The molecule has 0 spiro atoms. The van der Waals surface area contributed by atoms with Crippen LogP contribution >= 0.6 is 27.3 Å². The molecule has 1 rings (SSSR count). The van der Waals surface area contributed by atoms with E-state index in [1.165, 1.54) is 11.3 Å². The van der Waals surface area contributed by atoms with E-state index in [9.17, 15) is 4.79 Å². The molecule has 0 unspecified atom stereocenters. The van der Waals surface area contributed by atoms with Crippen LogP contribution in [0, 0.1) is 0 Å². The third-order valence-corrected chi connectivity index (χ3v) is 3.83. The lowest BCUT2D eigenvalue weighted by molar-refractivity contribution is -0.133. The van der Waals surface area contributed by atoms with Crippen LogP contribution < -0.4 is 0 Å². The van der Waals surface area contributed by atoms with Crippen LogP contribution in [0.25, 0.3) is 0 Å². The molecule has 0 saturated carbocycles. The topological polar surface area (TPSA) is 33.2 Å².